The monoisotopic (exact) mass is 204 g/mol. The Morgan fingerprint density at radius 3 is 3.00 bits per heavy atom. The van der Waals surface area contributed by atoms with Crippen LogP contribution in [0.15, 0.2) is 30.9 Å². The predicted octanol–water partition coefficient (Wildman–Crippen LogP) is 0.663. The van der Waals surface area contributed by atoms with Crippen LogP contribution in [-0.4, -0.2) is 20.3 Å². The second-order valence-corrected chi connectivity index (χ2v) is 3.33. The van der Waals surface area contributed by atoms with Gasteiger partial charge in [0.25, 0.3) is 0 Å². The summed E-state index contributed by atoms with van der Waals surface area (Å²) in [6.07, 6.45) is 6.39. The van der Waals surface area contributed by atoms with E-state index in [4.69, 9.17) is 5.73 Å². The van der Waals surface area contributed by atoms with Crippen LogP contribution in [0, 0.1) is 0 Å². The first kappa shape index (κ1) is 9.67. The van der Waals surface area contributed by atoms with Crippen LogP contribution in [0.5, 0.6) is 0 Å². The molecule has 2 rings (SSSR count). The number of aromatic amines is 1. The van der Waals surface area contributed by atoms with E-state index in [-0.39, 0.29) is 0 Å². The van der Waals surface area contributed by atoms with Crippen LogP contribution >= 0.6 is 0 Å². The van der Waals surface area contributed by atoms with Gasteiger partial charge in [-0.05, 0) is 11.6 Å². The highest BCUT2D eigenvalue weighted by molar-refractivity contribution is 5.44. The van der Waals surface area contributed by atoms with E-state index in [1.807, 2.05) is 0 Å². The van der Waals surface area contributed by atoms with Gasteiger partial charge in [-0.1, -0.05) is 0 Å². The van der Waals surface area contributed by atoms with Gasteiger partial charge in [-0.25, -0.2) is 0 Å². The molecule has 2 aromatic heterocycles. The summed E-state index contributed by atoms with van der Waals surface area (Å²) in [5.41, 5.74) is 7.98. The van der Waals surface area contributed by atoms with Crippen molar-refractivity contribution >= 4 is 5.69 Å². The number of nitrogens with two attached hydrogens (primary N) is 1. The van der Waals surface area contributed by atoms with Crippen molar-refractivity contribution in [3.8, 4) is 0 Å². The Bertz CT molecular complexity index is 427. The van der Waals surface area contributed by atoms with E-state index in [0.717, 1.165) is 11.1 Å². The summed E-state index contributed by atoms with van der Waals surface area (Å²) in [6, 6.07) is 1.72. The zero-order valence-corrected chi connectivity index (χ0v) is 8.09. The van der Waals surface area contributed by atoms with E-state index >= 15 is 0 Å². The van der Waals surface area contributed by atoms with Crippen LogP contribution in [0.25, 0.3) is 0 Å². The van der Waals surface area contributed by atoms with Crippen LogP contribution in [-0.2, 0) is 6.42 Å². The number of rotatable bonds is 3. The van der Waals surface area contributed by atoms with Gasteiger partial charge in [0.2, 0.25) is 0 Å². The van der Waals surface area contributed by atoms with Crippen LogP contribution in [0.3, 0.4) is 0 Å². The first-order valence-electron chi connectivity index (χ1n) is 4.62. The third kappa shape index (κ3) is 2.13. The van der Waals surface area contributed by atoms with Crippen molar-refractivity contribution in [3.05, 3.63) is 42.0 Å². The number of anilines is 1. The number of pyridine rings is 1. The molecule has 2 aromatic rings. The quantitative estimate of drug-likeness (QED) is 0.685. The third-order valence-electron chi connectivity index (χ3n) is 2.26. The first-order chi connectivity index (χ1) is 7.27. The molecule has 0 aliphatic carbocycles. The molecular weight excluding hydrogens is 192 g/mol. The van der Waals surface area contributed by atoms with Gasteiger partial charge in [-0.2, -0.15) is 5.10 Å². The lowest BCUT2D eigenvalue weighted by atomic mass is 10.0. The zero-order valence-electron chi connectivity index (χ0n) is 8.09. The van der Waals surface area contributed by atoms with Crippen molar-refractivity contribution in [1.29, 1.82) is 0 Å². The van der Waals surface area contributed by atoms with Gasteiger partial charge < -0.3 is 10.8 Å². The van der Waals surface area contributed by atoms with Gasteiger partial charge in [0, 0.05) is 36.3 Å². The Morgan fingerprint density at radius 2 is 2.33 bits per heavy atom. The molecule has 5 nitrogen and oxygen atoms in total. The lowest BCUT2D eigenvalue weighted by Gasteiger charge is -2.09. The fraction of sp³-hybridized carbons (Fsp3) is 0.200. The van der Waals surface area contributed by atoms with Crippen molar-refractivity contribution in [2.45, 2.75) is 12.5 Å². The number of nitrogen functional groups attached to an aromatic ring is 1. The summed E-state index contributed by atoms with van der Waals surface area (Å²) in [6.45, 7) is 0. The molecule has 15 heavy (non-hydrogen) atoms. The molecular formula is C10H12N4O. The smallest absolute Gasteiger partial charge is 0.0862 e. The largest absolute Gasteiger partial charge is 0.398 e. The van der Waals surface area contributed by atoms with Crippen LogP contribution in [0.4, 0.5) is 5.69 Å². The van der Waals surface area contributed by atoms with E-state index < -0.39 is 6.10 Å². The Labute approximate surface area is 87.0 Å². The lowest BCUT2D eigenvalue weighted by molar-refractivity contribution is 0.178. The van der Waals surface area contributed by atoms with Crippen molar-refractivity contribution in [2.75, 3.05) is 5.73 Å². The topological polar surface area (TPSA) is 87.8 Å². The fourth-order valence-electron chi connectivity index (χ4n) is 1.38. The molecule has 0 aliphatic heterocycles. The van der Waals surface area contributed by atoms with E-state index in [2.05, 4.69) is 15.2 Å². The van der Waals surface area contributed by atoms with Crippen LogP contribution in [0.2, 0.25) is 0 Å². The minimum atomic E-state index is -0.602. The number of aliphatic hydroxyl groups is 1. The van der Waals surface area contributed by atoms with Crippen molar-refractivity contribution in [3.63, 3.8) is 0 Å². The molecule has 1 atom stereocenters. The molecule has 78 valence electrons. The van der Waals surface area contributed by atoms with Gasteiger partial charge in [-0.3, -0.25) is 10.1 Å². The zero-order chi connectivity index (χ0) is 10.7. The molecule has 5 heteroatoms. The summed E-state index contributed by atoms with van der Waals surface area (Å²) in [5, 5.41) is 16.3. The highest BCUT2D eigenvalue weighted by Crippen LogP contribution is 2.19. The van der Waals surface area contributed by atoms with Gasteiger partial charge in [0.05, 0.1) is 12.3 Å². The average molecular weight is 204 g/mol. The molecule has 0 saturated heterocycles. The summed E-state index contributed by atoms with van der Waals surface area (Å²) < 4.78 is 0. The highest BCUT2D eigenvalue weighted by atomic mass is 16.3. The van der Waals surface area contributed by atoms with E-state index in [9.17, 15) is 5.11 Å². The summed E-state index contributed by atoms with van der Waals surface area (Å²) in [5.74, 6) is 0. The molecule has 0 aliphatic rings. The maximum Gasteiger partial charge on any atom is 0.0862 e. The van der Waals surface area contributed by atoms with E-state index in [0.29, 0.717) is 12.1 Å². The van der Waals surface area contributed by atoms with Gasteiger partial charge in [0.1, 0.15) is 0 Å². The Balaban J connectivity index is 2.13. The molecule has 4 N–H and O–H groups in total. The molecule has 0 amide bonds. The molecule has 0 aromatic carbocycles. The number of aromatic nitrogens is 3. The molecule has 0 radical (unpaired) electrons. The van der Waals surface area contributed by atoms with E-state index in [1.165, 1.54) is 0 Å². The molecule has 2 heterocycles. The van der Waals surface area contributed by atoms with Crippen molar-refractivity contribution < 1.29 is 5.11 Å². The third-order valence-corrected chi connectivity index (χ3v) is 2.26. The van der Waals surface area contributed by atoms with E-state index in [1.54, 1.807) is 30.9 Å². The maximum absolute atomic E-state index is 9.84. The Kier molecular flexibility index (Phi) is 2.64. The van der Waals surface area contributed by atoms with Gasteiger partial charge in [-0.15, -0.1) is 0 Å². The molecule has 0 fully saturated rings. The standard InChI is InChI=1S/C10H12N4O/c11-9-1-2-12-4-7(9)3-10(15)8-5-13-14-6-8/h1-2,4-6,10,15H,3H2,(H2,11,12)(H,13,14). The van der Waals surface area contributed by atoms with Crippen LogP contribution < -0.4 is 5.73 Å². The minimum absolute atomic E-state index is 0.444. The lowest BCUT2D eigenvalue weighted by Crippen LogP contribution is -2.03. The SMILES string of the molecule is Nc1ccncc1CC(O)c1cn[nH]c1. The minimum Gasteiger partial charge on any atom is -0.398 e. The maximum atomic E-state index is 9.84. The summed E-state index contributed by atoms with van der Waals surface area (Å²) in [4.78, 5) is 3.97. The number of nitrogens with zero attached hydrogens (tertiary/aromatic N) is 2. The van der Waals surface area contributed by atoms with Crippen molar-refractivity contribution in [1.82, 2.24) is 15.2 Å². The Hall–Kier alpha value is -1.88. The fourth-order valence-corrected chi connectivity index (χ4v) is 1.38. The van der Waals surface area contributed by atoms with Crippen LogP contribution in [0.1, 0.15) is 17.2 Å². The Morgan fingerprint density at radius 1 is 1.47 bits per heavy atom. The number of H-pyrrole nitrogens is 1. The average Bonchev–Trinajstić information content (AvgIpc) is 2.74. The van der Waals surface area contributed by atoms with Crippen molar-refractivity contribution in [2.24, 2.45) is 0 Å². The number of hydrogen-bond donors (Lipinski definition) is 3. The predicted molar refractivity (Wildman–Crippen MR) is 55.9 cm³/mol. The molecule has 0 spiro atoms. The molecule has 0 saturated carbocycles. The number of aliphatic hydroxyl groups excluding tert-OH is 1. The summed E-state index contributed by atoms with van der Waals surface area (Å²) >= 11 is 0. The molecule has 0 bridgehead atoms. The first-order valence-corrected chi connectivity index (χ1v) is 4.62. The summed E-state index contributed by atoms with van der Waals surface area (Å²) in [7, 11) is 0. The number of nitrogens with one attached hydrogen (secondary N) is 1. The van der Waals surface area contributed by atoms with Gasteiger partial charge >= 0.3 is 0 Å². The second-order valence-electron chi connectivity index (χ2n) is 3.33. The number of hydrogen-bond acceptors (Lipinski definition) is 4. The highest BCUT2D eigenvalue weighted by Gasteiger charge is 2.11. The normalized spacial score (nSPS) is 12.6. The molecule has 1 unspecified atom stereocenters. The van der Waals surface area contributed by atoms with Gasteiger partial charge in [0.15, 0.2) is 0 Å². The second kappa shape index (κ2) is 4.10.